The van der Waals surface area contributed by atoms with E-state index in [-0.39, 0.29) is 25.6 Å². The minimum absolute atomic E-state index is 0.0301. The molecule has 0 aliphatic rings. The van der Waals surface area contributed by atoms with Gasteiger partial charge in [0.05, 0.1) is 6.54 Å². The van der Waals surface area contributed by atoms with Crippen molar-refractivity contribution in [1.29, 1.82) is 0 Å². The molecule has 0 heterocycles. The first-order chi connectivity index (χ1) is 10.7. The van der Waals surface area contributed by atoms with E-state index in [1.54, 1.807) is 20.8 Å². The third-order valence-corrected chi connectivity index (χ3v) is 2.69. The molecule has 0 fully saturated rings. The van der Waals surface area contributed by atoms with Crippen LogP contribution in [0.4, 0.5) is 0 Å². The first kappa shape index (κ1) is 21.9. The van der Waals surface area contributed by atoms with E-state index in [1.165, 1.54) is 27.7 Å². The number of carbonyl (C=O) groups is 4. The van der Waals surface area contributed by atoms with Gasteiger partial charge in [-0.15, -0.1) is 0 Å². The molecule has 0 aromatic heterocycles. The molecule has 0 atom stereocenters. The molecule has 0 unspecified atom stereocenters. The fourth-order valence-corrected chi connectivity index (χ4v) is 1.56. The van der Waals surface area contributed by atoms with Crippen LogP contribution < -0.4 is 0 Å². The molecule has 0 saturated heterocycles. The van der Waals surface area contributed by atoms with Crippen molar-refractivity contribution in [1.82, 2.24) is 4.90 Å². The predicted octanol–water partition coefficient (Wildman–Crippen LogP) is 1.06. The molecule has 0 aromatic carbocycles. The van der Waals surface area contributed by atoms with Gasteiger partial charge in [-0.25, -0.2) is 4.79 Å². The van der Waals surface area contributed by atoms with Gasteiger partial charge in [0, 0.05) is 13.8 Å². The second-order valence-electron chi connectivity index (χ2n) is 6.77. The summed E-state index contributed by atoms with van der Waals surface area (Å²) in [5, 5.41) is 0. The number of rotatable bonds is 7. The minimum Gasteiger partial charge on any atom is -0.464 e. The fourth-order valence-electron chi connectivity index (χ4n) is 1.56. The van der Waals surface area contributed by atoms with Gasteiger partial charge in [-0.3, -0.25) is 14.4 Å². The molecule has 0 N–H and O–H groups in total. The minimum atomic E-state index is -1.48. The first-order valence-electron chi connectivity index (χ1n) is 7.59. The van der Waals surface area contributed by atoms with Crippen LogP contribution in [0.15, 0.2) is 0 Å². The van der Waals surface area contributed by atoms with Crippen LogP contribution >= 0.6 is 0 Å². The standard InChI is InChI=1S/C16H27NO7/c1-11(18)17(8-9-22-12(2)19)10-13(20)23-16(6,7)14(21)24-15(3,4)5/h8-10H2,1-7H3. The molecule has 8 heteroatoms. The molecular weight excluding hydrogens is 318 g/mol. The monoisotopic (exact) mass is 345 g/mol. The smallest absolute Gasteiger partial charge is 0.350 e. The van der Waals surface area contributed by atoms with Gasteiger partial charge in [-0.1, -0.05) is 0 Å². The van der Waals surface area contributed by atoms with Gasteiger partial charge < -0.3 is 19.1 Å². The van der Waals surface area contributed by atoms with Crippen LogP contribution in [0.2, 0.25) is 0 Å². The molecular formula is C16H27NO7. The lowest BCUT2D eigenvalue weighted by molar-refractivity contribution is -0.187. The Bertz CT molecular complexity index is 491. The van der Waals surface area contributed by atoms with Gasteiger partial charge in [-0.2, -0.15) is 0 Å². The third-order valence-electron chi connectivity index (χ3n) is 2.69. The molecule has 24 heavy (non-hydrogen) atoms. The summed E-state index contributed by atoms with van der Waals surface area (Å²) < 4.78 is 15.1. The van der Waals surface area contributed by atoms with E-state index in [0.717, 1.165) is 4.90 Å². The summed E-state index contributed by atoms with van der Waals surface area (Å²) in [4.78, 5) is 47.5. The third kappa shape index (κ3) is 9.12. The summed E-state index contributed by atoms with van der Waals surface area (Å²) in [5.74, 6) is -2.30. The van der Waals surface area contributed by atoms with Crippen molar-refractivity contribution in [3.63, 3.8) is 0 Å². The first-order valence-corrected chi connectivity index (χ1v) is 7.59. The predicted molar refractivity (Wildman–Crippen MR) is 84.9 cm³/mol. The molecule has 0 aliphatic carbocycles. The van der Waals surface area contributed by atoms with Crippen molar-refractivity contribution >= 4 is 23.8 Å². The van der Waals surface area contributed by atoms with E-state index in [0.29, 0.717) is 0 Å². The Morgan fingerprint density at radius 1 is 0.917 bits per heavy atom. The zero-order valence-electron chi connectivity index (χ0n) is 15.4. The van der Waals surface area contributed by atoms with Gasteiger partial charge in [0.25, 0.3) is 0 Å². The zero-order chi connectivity index (χ0) is 19.1. The van der Waals surface area contributed by atoms with Gasteiger partial charge in [0.2, 0.25) is 11.5 Å². The van der Waals surface area contributed by atoms with E-state index in [4.69, 9.17) is 14.2 Å². The Labute approximate surface area is 142 Å². The van der Waals surface area contributed by atoms with Gasteiger partial charge in [0.1, 0.15) is 18.8 Å². The van der Waals surface area contributed by atoms with Crippen molar-refractivity contribution in [3.05, 3.63) is 0 Å². The lowest BCUT2D eigenvalue weighted by Crippen LogP contribution is -2.45. The quantitative estimate of drug-likeness (QED) is 0.502. The van der Waals surface area contributed by atoms with Gasteiger partial charge in [-0.05, 0) is 34.6 Å². The number of amides is 1. The van der Waals surface area contributed by atoms with Crippen LogP contribution in [0.25, 0.3) is 0 Å². The number of hydrogen-bond acceptors (Lipinski definition) is 7. The second-order valence-corrected chi connectivity index (χ2v) is 6.77. The van der Waals surface area contributed by atoms with Crippen molar-refractivity contribution < 1.29 is 33.4 Å². The largest absolute Gasteiger partial charge is 0.464 e. The number of hydrogen-bond donors (Lipinski definition) is 0. The normalized spacial score (nSPS) is 11.5. The van der Waals surface area contributed by atoms with E-state index in [1.807, 2.05) is 0 Å². The van der Waals surface area contributed by atoms with Gasteiger partial charge in [0.15, 0.2) is 0 Å². The number of nitrogens with zero attached hydrogens (tertiary/aromatic N) is 1. The zero-order valence-corrected chi connectivity index (χ0v) is 15.4. The van der Waals surface area contributed by atoms with E-state index < -0.39 is 29.1 Å². The van der Waals surface area contributed by atoms with Crippen molar-refractivity contribution in [2.24, 2.45) is 0 Å². The second kappa shape index (κ2) is 8.65. The maximum absolute atomic E-state index is 12.0. The van der Waals surface area contributed by atoms with Crippen LogP contribution in [0, 0.1) is 0 Å². The van der Waals surface area contributed by atoms with E-state index in [2.05, 4.69) is 0 Å². The molecule has 0 spiro atoms. The number of carbonyl (C=O) groups excluding carboxylic acids is 4. The van der Waals surface area contributed by atoms with Crippen LogP contribution in [0.1, 0.15) is 48.5 Å². The maximum atomic E-state index is 12.0. The molecule has 0 rings (SSSR count). The average Bonchev–Trinajstić information content (AvgIpc) is 2.34. The molecule has 138 valence electrons. The highest BCUT2D eigenvalue weighted by atomic mass is 16.6. The summed E-state index contributed by atoms with van der Waals surface area (Å²) in [6.07, 6.45) is 0. The molecule has 0 bridgehead atoms. The van der Waals surface area contributed by atoms with E-state index >= 15 is 0 Å². The maximum Gasteiger partial charge on any atom is 0.350 e. The topological polar surface area (TPSA) is 99.2 Å². The Hall–Kier alpha value is -2.12. The van der Waals surface area contributed by atoms with Crippen molar-refractivity contribution in [3.8, 4) is 0 Å². The van der Waals surface area contributed by atoms with Crippen LogP contribution in [0.3, 0.4) is 0 Å². The summed E-state index contributed by atoms with van der Waals surface area (Å²) in [7, 11) is 0. The molecule has 0 saturated carbocycles. The molecule has 0 aromatic rings. The highest BCUT2D eigenvalue weighted by Crippen LogP contribution is 2.17. The fraction of sp³-hybridized carbons (Fsp3) is 0.750. The molecule has 8 nitrogen and oxygen atoms in total. The summed E-state index contributed by atoms with van der Waals surface area (Å²) in [5.41, 5.74) is -2.20. The van der Waals surface area contributed by atoms with E-state index in [9.17, 15) is 19.2 Å². The Morgan fingerprint density at radius 3 is 1.88 bits per heavy atom. The van der Waals surface area contributed by atoms with Crippen LogP contribution in [-0.4, -0.2) is 59.6 Å². The van der Waals surface area contributed by atoms with Crippen molar-refractivity contribution in [2.75, 3.05) is 19.7 Å². The lowest BCUT2D eigenvalue weighted by Gasteiger charge is -2.29. The summed E-state index contributed by atoms with van der Waals surface area (Å²) in [6.45, 7) is 10.1. The Morgan fingerprint density at radius 2 is 1.46 bits per heavy atom. The number of esters is 3. The molecule has 0 radical (unpaired) electrons. The summed E-state index contributed by atoms with van der Waals surface area (Å²) in [6, 6.07) is 0. The summed E-state index contributed by atoms with van der Waals surface area (Å²) >= 11 is 0. The SMILES string of the molecule is CC(=O)OCCN(CC(=O)OC(C)(C)C(=O)OC(C)(C)C)C(C)=O. The Kier molecular flexibility index (Phi) is 7.89. The number of ether oxygens (including phenoxy) is 3. The molecule has 1 amide bonds. The highest BCUT2D eigenvalue weighted by molar-refractivity contribution is 5.85. The van der Waals surface area contributed by atoms with Crippen molar-refractivity contribution in [2.45, 2.75) is 59.7 Å². The molecule has 0 aliphatic heterocycles. The van der Waals surface area contributed by atoms with Crippen LogP contribution in [0.5, 0.6) is 0 Å². The average molecular weight is 345 g/mol. The van der Waals surface area contributed by atoms with Gasteiger partial charge >= 0.3 is 17.9 Å². The lowest BCUT2D eigenvalue weighted by atomic mass is 10.1. The highest BCUT2D eigenvalue weighted by Gasteiger charge is 2.36. The Balaban J connectivity index is 4.68. The van der Waals surface area contributed by atoms with Crippen LogP contribution in [-0.2, 0) is 33.4 Å².